The summed E-state index contributed by atoms with van der Waals surface area (Å²) < 4.78 is 0. The molecule has 0 saturated carbocycles. The van der Waals surface area contributed by atoms with Crippen molar-refractivity contribution in [2.45, 2.75) is 105 Å². The van der Waals surface area contributed by atoms with Crippen LogP contribution in [0.25, 0.3) is 0 Å². The second-order valence-electron chi connectivity index (χ2n) is 9.44. The molecule has 10 nitrogen and oxygen atoms in total. The third kappa shape index (κ3) is 19.8. The maximum atomic E-state index is 5.90. The van der Waals surface area contributed by atoms with Crippen molar-refractivity contribution < 1.29 is 0 Å². The maximum Gasteiger partial charge on any atom is 0.195 e. The first-order chi connectivity index (χ1) is 17.4. The lowest BCUT2D eigenvalue weighted by molar-refractivity contribution is 0.438. The van der Waals surface area contributed by atoms with Crippen molar-refractivity contribution in [2.75, 3.05) is 26.2 Å². The van der Waals surface area contributed by atoms with Gasteiger partial charge in [0.2, 0.25) is 0 Å². The molecule has 0 bridgehead atoms. The zero-order valence-corrected chi connectivity index (χ0v) is 23.6. The molecule has 2 unspecified atom stereocenters. The molecule has 0 aliphatic rings. The monoisotopic (exact) mass is 508 g/mol. The lowest BCUT2D eigenvalue weighted by Crippen LogP contribution is -2.41. The van der Waals surface area contributed by atoms with E-state index in [1.807, 2.05) is 0 Å². The molecule has 10 N–H and O–H groups in total. The van der Waals surface area contributed by atoms with Gasteiger partial charge in [0.25, 0.3) is 0 Å². The van der Waals surface area contributed by atoms with Crippen LogP contribution >= 0.6 is 0 Å². The summed E-state index contributed by atoms with van der Waals surface area (Å²) in [6.45, 7) is 11.6. The van der Waals surface area contributed by atoms with E-state index in [1.54, 1.807) is 0 Å². The molecule has 0 amide bonds. The number of hydrogen-bond donors (Lipinski definition) is 6. The van der Waals surface area contributed by atoms with Gasteiger partial charge >= 0.3 is 0 Å². The van der Waals surface area contributed by atoms with Crippen molar-refractivity contribution in [2.24, 2.45) is 54.7 Å². The van der Waals surface area contributed by atoms with E-state index in [1.165, 1.54) is 38.5 Å². The first-order valence-electron chi connectivity index (χ1n) is 14.1. The van der Waals surface area contributed by atoms with Crippen LogP contribution in [-0.4, -0.2) is 50.0 Å². The molecule has 0 aromatic heterocycles. The van der Waals surface area contributed by atoms with Gasteiger partial charge in [-0.15, -0.1) is 0 Å². The minimum absolute atomic E-state index is 0.315. The SMILES string of the molecule is CCCC(CC)CCN=C(N)NC(N)=NCCCCCCN=C(N)NC(N)=NCCC(CC)CCC. The smallest absolute Gasteiger partial charge is 0.195 e. The lowest BCUT2D eigenvalue weighted by Gasteiger charge is -2.12. The molecule has 0 aromatic carbocycles. The molecule has 36 heavy (non-hydrogen) atoms. The minimum Gasteiger partial charge on any atom is -0.370 e. The van der Waals surface area contributed by atoms with Crippen LogP contribution in [0.2, 0.25) is 0 Å². The Morgan fingerprint density at radius 1 is 0.500 bits per heavy atom. The fourth-order valence-electron chi connectivity index (χ4n) is 4.05. The number of unbranched alkanes of at least 4 members (excludes halogenated alkanes) is 3. The van der Waals surface area contributed by atoms with Gasteiger partial charge in [-0.1, -0.05) is 79.1 Å². The molecule has 0 aliphatic heterocycles. The Morgan fingerprint density at radius 3 is 1.14 bits per heavy atom. The Kier molecular flexibility index (Phi) is 21.3. The molecule has 0 saturated heterocycles. The molecule has 0 aliphatic carbocycles. The normalized spacial score (nSPS) is 15.1. The van der Waals surface area contributed by atoms with Crippen LogP contribution in [0.3, 0.4) is 0 Å². The molecular weight excluding hydrogens is 452 g/mol. The molecule has 2 atom stereocenters. The summed E-state index contributed by atoms with van der Waals surface area (Å²) in [4.78, 5) is 17.4. The highest BCUT2D eigenvalue weighted by Gasteiger charge is 2.05. The van der Waals surface area contributed by atoms with Gasteiger partial charge in [-0.05, 0) is 37.5 Å². The fraction of sp³-hybridized carbons (Fsp3) is 0.846. The van der Waals surface area contributed by atoms with E-state index < -0.39 is 0 Å². The molecule has 0 rings (SSSR count). The third-order valence-electron chi connectivity index (χ3n) is 6.33. The van der Waals surface area contributed by atoms with E-state index in [2.05, 4.69) is 58.3 Å². The Morgan fingerprint density at radius 2 is 0.833 bits per heavy atom. The summed E-state index contributed by atoms with van der Waals surface area (Å²) in [6, 6.07) is 0. The standard InChI is InChI=1S/C26H56N10/c1-5-13-21(7-3)15-19-33-25(29)35-23(27)31-17-11-9-10-12-18-32-24(28)36-26(30)34-20-16-22(8-4)14-6-2/h21-22H,5-20H2,1-4H3,(H5,27,29,31,33,35)(H5,28,30,32,34,36). The van der Waals surface area contributed by atoms with E-state index in [4.69, 9.17) is 22.9 Å². The zero-order valence-electron chi connectivity index (χ0n) is 23.6. The molecule has 10 heteroatoms. The van der Waals surface area contributed by atoms with Gasteiger partial charge in [0.15, 0.2) is 23.8 Å². The predicted octanol–water partition coefficient (Wildman–Crippen LogP) is 3.42. The van der Waals surface area contributed by atoms with Crippen LogP contribution in [0, 0.1) is 11.8 Å². The summed E-state index contributed by atoms with van der Waals surface area (Å²) >= 11 is 0. The van der Waals surface area contributed by atoms with Crippen molar-refractivity contribution in [3.8, 4) is 0 Å². The van der Waals surface area contributed by atoms with Crippen LogP contribution in [0.5, 0.6) is 0 Å². The molecule has 0 heterocycles. The second kappa shape index (κ2) is 22.9. The number of rotatable bonds is 19. The average molecular weight is 509 g/mol. The molecule has 0 spiro atoms. The van der Waals surface area contributed by atoms with Crippen LogP contribution in [-0.2, 0) is 0 Å². The van der Waals surface area contributed by atoms with Crippen molar-refractivity contribution in [1.82, 2.24) is 10.6 Å². The summed E-state index contributed by atoms with van der Waals surface area (Å²) in [5, 5.41) is 5.73. The third-order valence-corrected chi connectivity index (χ3v) is 6.33. The quantitative estimate of drug-likeness (QED) is 0.0884. The highest BCUT2D eigenvalue weighted by atomic mass is 15.2. The molecule has 0 aromatic rings. The summed E-state index contributed by atoms with van der Waals surface area (Å²) in [5.41, 5.74) is 23.6. The fourth-order valence-corrected chi connectivity index (χ4v) is 4.05. The lowest BCUT2D eigenvalue weighted by atomic mass is 9.97. The average Bonchev–Trinajstić information content (AvgIpc) is 2.84. The number of aliphatic imine (C=N–C) groups is 4. The Labute approximate surface area is 220 Å². The van der Waals surface area contributed by atoms with Gasteiger partial charge in [-0.2, -0.15) is 0 Å². The van der Waals surface area contributed by atoms with Crippen molar-refractivity contribution >= 4 is 23.8 Å². The van der Waals surface area contributed by atoms with E-state index in [0.717, 1.165) is 38.5 Å². The van der Waals surface area contributed by atoms with Gasteiger partial charge in [0, 0.05) is 26.2 Å². The van der Waals surface area contributed by atoms with E-state index >= 15 is 0 Å². The zero-order chi connectivity index (χ0) is 27.0. The van der Waals surface area contributed by atoms with Gasteiger partial charge in [-0.25, -0.2) is 0 Å². The second-order valence-corrected chi connectivity index (χ2v) is 9.44. The van der Waals surface area contributed by atoms with E-state index in [9.17, 15) is 0 Å². The Hall–Kier alpha value is -2.52. The highest BCUT2D eigenvalue weighted by molar-refractivity contribution is 5.97. The number of nitrogens with one attached hydrogen (secondary N) is 2. The number of guanidine groups is 4. The molecule has 0 radical (unpaired) electrons. The first kappa shape index (κ1) is 33.5. The topological polar surface area (TPSA) is 178 Å². The Bertz CT molecular complexity index is 601. The largest absolute Gasteiger partial charge is 0.370 e. The highest BCUT2D eigenvalue weighted by Crippen LogP contribution is 2.15. The van der Waals surface area contributed by atoms with Gasteiger partial charge in [-0.3, -0.25) is 30.6 Å². The van der Waals surface area contributed by atoms with E-state index in [-0.39, 0.29) is 0 Å². The van der Waals surface area contributed by atoms with Gasteiger partial charge in [0.05, 0.1) is 0 Å². The van der Waals surface area contributed by atoms with Crippen molar-refractivity contribution in [1.29, 1.82) is 0 Å². The predicted molar refractivity (Wildman–Crippen MR) is 157 cm³/mol. The van der Waals surface area contributed by atoms with Crippen molar-refractivity contribution in [3.05, 3.63) is 0 Å². The van der Waals surface area contributed by atoms with Gasteiger partial charge < -0.3 is 22.9 Å². The van der Waals surface area contributed by atoms with Gasteiger partial charge in [0.1, 0.15) is 0 Å². The Balaban J connectivity index is 3.98. The van der Waals surface area contributed by atoms with Crippen LogP contribution < -0.4 is 33.6 Å². The van der Waals surface area contributed by atoms with Crippen molar-refractivity contribution in [3.63, 3.8) is 0 Å². The van der Waals surface area contributed by atoms with E-state index in [0.29, 0.717) is 61.9 Å². The number of hydrogen-bond acceptors (Lipinski definition) is 4. The minimum atomic E-state index is 0.315. The molecular formula is C26H56N10. The summed E-state index contributed by atoms with van der Waals surface area (Å²) in [7, 11) is 0. The van der Waals surface area contributed by atoms with Crippen LogP contribution in [0.4, 0.5) is 0 Å². The summed E-state index contributed by atoms with van der Waals surface area (Å²) in [5.74, 6) is 2.71. The van der Waals surface area contributed by atoms with Crippen LogP contribution in [0.15, 0.2) is 20.0 Å². The molecule has 210 valence electrons. The van der Waals surface area contributed by atoms with Crippen LogP contribution in [0.1, 0.15) is 105 Å². The number of nitrogens with zero attached hydrogens (tertiary/aromatic N) is 4. The molecule has 0 fully saturated rings. The first-order valence-corrected chi connectivity index (χ1v) is 14.1. The maximum absolute atomic E-state index is 5.90. The summed E-state index contributed by atoms with van der Waals surface area (Å²) in [6.07, 6.45) is 13.3. The number of nitrogens with two attached hydrogens (primary N) is 4.